The van der Waals surface area contributed by atoms with Gasteiger partial charge in [0.1, 0.15) is 23.6 Å². The standard InChI is InChI=1S/C22H13F4NO3/c23-12-4-5-13(14(24)10-12)17-2-1-3-18-21(19(28)6-7-27(17)18)20-15(25)8-11(22(29)30)9-16(20)26/h1-8,10,16H,9H2,(H,29,30). The number of rotatable bonds is 3. The zero-order chi connectivity index (χ0) is 21.6. The van der Waals surface area contributed by atoms with Gasteiger partial charge in [0.2, 0.25) is 0 Å². The molecule has 2 heterocycles. The van der Waals surface area contributed by atoms with E-state index < -0.39 is 52.6 Å². The van der Waals surface area contributed by atoms with Gasteiger partial charge in [0.05, 0.1) is 16.8 Å². The SMILES string of the molecule is O=C(O)C1=CC(F)=C(c2c(=O)ccn3c(-c4ccc(F)cc4F)cccc23)C(F)C1. The Morgan fingerprint density at radius 2 is 1.87 bits per heavy atom. The van der Waals surface area contributed by atoms with Gasteiger partial charge in [0.25, 0.3) is 0 Å². The maximum atomic E-state index is 14.8. The number of benzene rings is 1. The number of carboxylic acids is 1. The van der Waals surface area contributed by atoms with Crippen LogP contribution in [0.3, 0.4) is 0 Å². The van der Waals surface area contributed by atoms with Gasteiger partial charge in [-0.2, -0.15) is 0 Å². The van der Waals surface area contributed by atoms with Gasteiger partial charge >= 0.3 is 5.97 Å². The largest absolute Gasteiger partial charge is 0.478 e. The molecule has 1 aliphatic rings. The molecule has 1 N–H and O–H groups in total. The van der Waals surface area contributed by atoms with Gasteiger partial charge in [0.15, 0.2) is 5.43 Å². The van der Waals surface area contributed by atoms with Crippen LogP contribution in [0.15, 0.2) is 70.9 Å². The predicted molar refractivity (Wildman–Crippen MR) is 102 cm³/mol. The molecule has 0 spiro atoms. The van der Waals surface area contributed by atoms with Gasteiger partial charge < -0.3 is 9.51 Å². The molecular formula is C22H13F4NO3. The van der Waals surface area contributed by atoms with Crippen LogP contribution in [0.4, 0.5) is 17.6 Å². The Bertz CT molecular complexity index is 1320. The molecule has 30 heavy (non-hydrogen) atoms. The number of hydrogen-bond donors (Lipinski definition) is 1. The van der Waals surface area contributed by atoms with E-state index in [0.29, 0.717) is 12.1 Å². The molecule has 3 aromatic rings. The fourth-order valence-corrected chi connectivity index (χ4v) is 3.58. The summed E-state index contributed by atoms with van der Waals surface area (Å²) >= 11 is 0. The average molecular weight is 415 g/mol. The summed E-state index contributed by atoms with van der Waals surface area (Å²) in [5, 5.41) is 9.01. The van der Waals surface area contributed by atoms with Crippen LogP contribution in [0, 0.1) is 11.6 Å². The normalized spacial score (nSPS) is 16.7. The fraction of sp³-hybridized carbons (Fsp3) is 0.0909. The third-order valence-corrected chi connectivity index (χ3v) is 4.93. The minimum atomic E-state index is -2.05. The van der Waals surface area contributed by atoms with Crippen molar-refractivity contribution in [1.82, 2.24) is 4.40 Å². The lowest BCUT2D eigenvalue weighted by atomic mass is 9.90. The fourth-order valence-electron chi connectivity index (χ4n) is 3.58. The van der Waals surface area contributed by atoms with E-state index in [1.807, 2.05) is 0 Å². The number of halogens is 4. The quantitative estimate of drug-likeness (QED) is 0.632. The van der Waals surface area contributed by atoms with Gasteiger partial charge in [-0.1, -0.05) is 6.07 Å². The Hall–Kier alpha value is -3.68. The van der Waals surface area contributed by atoms with Crippen molar-refractivity contribution >= 4 is 17.1 Å². The molecule has 1 atom stereocenters. The van der Waals surface area contributed by atoms with Crippen LogP contribution < -0.4 is 5.43 Å². The van der Waals surface area contributed by atoms with Gasteiger partial charge in [-0.25, -0.2) is 22.4 Å². The summed E-state index contributed by atoms with van der Waals surface area (Å²) in [5.41, 5.74) is -1.60. The molecule has 0 fully saturated rings. The van der Waals surface area contributed by atoms with Crippen molar-refractivity contribution in [3.8, 4) is 11.3 Å². The van der Waals surface area contributed by atoms with Crippen molar-refractivity contribution in [3.05, 3.63) is 93.6 Å². The molecular weight excluding hydrogens is 402 g/mol. The Morgan fingerprint density at radius 1 is 1.10 bits per heavy atom. The lowest BCUT2D eigenvalue weighted by molar-refractivity contribution is -0.132. The third-order valence-electron chi connectivity index (χ3n) is 4.93. The molecule has 1 aromatic carbocycles. The highest BCUT2D eigenvalue weighted by molar-refractivity contribution is 5.92. The molecule has 0 bridgehead atoms. The molecule has 0 saturated carbocycles. The summed E-state index contributed by atoms with van der Waals surface area (Å²) < 4.78 is 58.5. The van der Waals surface area contributed by atoms with Gasteiger partial charge in [0, 0.05) is 41.5 Å². The van der Waals surface area contributed by atoms with E-state index in [1.54, 1.807) is 0 Å². The topological polar surface area (TPSA) is 58.8 Å². The first kappa shape index (κ1) is 19.6. The molecule has 0 radical (unpaired) electrons. The molecule has 0 aliphatic heterocycles. The van der Waals surface area contributed by atoms with Crippen molar-refractivity contribution in [3.63, 3.8) is 0 Å². The van der Waals surface area contributed by atoms with Crippen molar-refractivity contribution in [1.29, 1.82) is 0 Å². The average Bonchev–Trinajstić information content (AvgIpc) is 2.68. The Balaban J connectivity index is 2.01. The van der Waals surface area contributed by atoms with E-state index in [4.69, 9.17) is 5.11 Å². The number of fused-ring (bicyclic) bond motifs is 1. The first-order chi connectivity index (χ1) is 14.3. The van der Waals surface area contributed by atoms with Crippen molar-refractivity contribution < 1.29 is 27.5 Å². The second-order valence-corrected chi connectivity index (χ2v) is 6.75. The first-order valence-electron chi connectivity index (χ1n) is 8.85. The second-order valence-electron chi connectivity index (χ2n) is 6.75. The number of pyridine rings is 2. The zero-order valence-electron chi connectivity index (χ0n) is 15.2. The number of aliphatic carboxylic acids is 1. The van der Waals surface area contributed by atoms with Crippen molar-refractivity contribution in [2.24, 2.45) is 0 Å². The van der Waals surface area contributed by atoms with Crippen molar-refractivity contribution in [2.75, 3.05) is 0 Å². The number of carbonyl (C=O) groups is 1. The van der Waals surface area contributed by atoms with Crippen molar-refractivity contribution in [2.45, 2.75) is 12.6 Å². The molecule has 4 rings (SSSR count). The molecule has 0 amide bonds. The molecule has 0 saturated heterocycles. The van der Waals surface area contributed by atoms with E-state index in [1.165, 1.54) is 34.9 Å². The summed E-state index contributed by atoms with van der Waals surface area (Å²) in [5.74, 6) is -4.21. The minimum Gasteiger partial charge on any atom is -0.478 e. The Kier molecular flexibility index (Phi) is 4.77. The number of hydrogen-bond acceptors (Lipinski definition) is 2. The van der Waals surface area contributed by atoms with Gasteiger partial charge in [-0.3, -0.25) is 4.79 Å². The summed E-state index contributed by atoms with van der Waals surface area (Å²) in [6.45, 7) is 0. The molecule has 1 unspecified atom stereocenters. The van der Waals surface area contributed by atoms with Crippen LogP contribution in [-0.4, -0.2) is 21.6 Å². The van der Waals surface area contributed by atoms with E-state index >= 15 is 0 Å². The van der Waals surface area contributed by atoms with E-state index in [9.17, 15) is 27.2 Å². The van der Waals surface area contributed by atoms with Crippen LogP contribution in [0.1, 0.15) is 12.0 Å². The summed E-state index contributed by atoms with van der Waals surface area (Å²) in [6, 6.07) is 8.50. The number of aromatic nitrogens is 1. The predicted octanol–water partition coefficient (Wildman–Crippen LogP) is 4.68. The minimum absolute atomic E-state index is 0.0274. The van der Waals surface area contributed by atoms with Gasteiger partial charge in [-0.05, 0) is 30.3 Å². The Morgan fingerprint density at radius 3 is 2.53 bits per heavy atom. The van der Waals surface area contributed by atoms with Crippen LogP contribution in [0.2, 0.25) is 0 Å². The zero-order valence-corrected chi connectivity index (χ0v) is 15.2. The molecule has 8 heteroatoms. The van der Waals surface area contributed by atoms with Crippen LogP contribution in [0.5, 0.6) is 0 Å². The molecule has 4 nitrogen and oxygen atoms in total. The monoisotopic (exact) mass is 415 g/mol. The van der Waals surface area contributed by atoms with Crippen LogP contribution in [0.25, 0.3) is 22.3 Å². The highest BCUT2D eigenvalue weighted by atomic mass is 19.1. The molecule has 2 aromatic heterocycles. The van der Waals surface area contributed by atoms with E-state index in [-0.39, 0.29) is 22.3 Å². The lowest BCUT2D eigenvalue weighted by Crippen LogP contribution is -2.21. The first-order valence-corrected chi connectivity index (χ1v) is 8.85. The molecule has 1 aliphatic carbocycles. The summed E-state index contributed by atoms with van der Waals surface area (Å²) in [6.07, 6.45) is -0.622. The van der Waals surface area contributed by atoms with Crippen LogP contribution >= 0.6 is 0 Å². The smallest absolute Gasteiger partial charge is 0.331 e. The Labute approximate surface area is 167 Å². The number of nitrogens with zero attached hydrogens (tertiary/aromatic N) is 1. The number of carboxylic acid groups (broad SMARTS) is 1. The number of alkyl halides is 1. The summed E-state index contributed by atoms with van der Waals surface area (Å²) in [7, 11) is 0. The second kappa shape index (κ2) is 7.29. The number of allylic oxidation sites excluding steroid dienone is 3. The van der Waals surface area contributed by atoms with Crippen LogP contribution in [-0.2, 0) is 4.79 Å². The highest BCUT2D eigenvalue weighted by Crippen LogP contribution is 2.36. The van der Waals surface area contributed by atoms with E-state index in [2.05, 4.69) is 0 Å². The highest BCUT2D eigenvalue weighted by Gasteiger charge is 2.30. The summed E-state index contributed by atoms with van der Waals surface area (Å²) in [4.78, 5) is 23.6. The van der Waals surface area contributed by atoms with Gasteiger partial charge in [-0.15, -0.1) is 0 Å². The maximum Gasteiger partial charge on any atom is 0.331 e. The maximum absolute atomic E-state index is 14.8. The third kappa shape index (κ3) is 3.20. The van der Waals surface area contributed by atoms with E-state index in [0.717, 1.165) is 12.1 Å². The molecule has 152 valence electrons. The lowest BCUT2D eigenvalue weighted by Gasteiger charge is -2.20.